The lowest BCUT2D eigenvalue weighted by Crippen LogP contribution is -2.45. The van der Waals surface area contributed by atoms with Crippen LogP contribution >= 0.6 is 0 Å². The van der Waals surface area contributed by atoms with Crippen molar-refractivity contribution < 1.29 is 14.6 Å². The Bertz CT molecular complexity index is 1010. The molecule has 5 rings (SSSR count). The van der Waals surface area contributed by atoms with Crippen LogP contribution in [-0.2, 0) is 4.79 Å². The van der Waals surface area contributed by atoms with E-state index < -0.39 is 0 Å². The molecule has 0 radical (unpaired) electrons. The van der Waals surface area contributed by atoms with Crippen LogP contribution < -0.4 is 4.74 Å². The van der Waals surface area contributed by atoms with Crippen molar-refractivity contribution in [1.82, 2.24) is 0 Å². The molecule has 2 fully saturated rings. The SMILES string of the molecule is C#CC.COc1cc(C2CC3(C)C(O)CCC3C3CCC4=CC(=O)CCC4=C23)ccc1C. The van der Waals surface area contributed by atoms with Crippen LogP contribution in [0.5, 0.6) is 5.75 Å². The fraction of sp³-hybridized carbons (Fsp3) is 0.552. The summed E-state index contributed by atoms with van der Waals surface area (Å²) in [7, 11) is 1.74. The second-order valence-electron chi connectivity index (χ2n) is 10.2. The lowest BCUT2D eigenvalue weighted by atomic mass is 9.53. The van der Waals surface area contributed by atoms with Crippen LogP contribution in [0.2, 0.25) is 0 Å². The normalized spacial score (nSPS) is 33.1. The number of rotatable bonds is 2. The number of aliphatic hydroxyl groups excluding tert-OH is 1. The number of carbonyl (C=O) groups excluding carboxylic acids is 1. The molecular formula is C29H36O3. The van der Waals surface area contributed by atoms with Gasteiger partial charge in [0.2, 0.25) is 0 Å². The number of terminal acetylenes is 1. The Kier molecular flexibility index (Phi) is 6.37. The number of allylic oxidation sites excluding steroid dienone is 4. The molecule has 0 spiro atoms. The Balaban J connectivity index is 0.000000775. The van der Waals surface area contributed by atoms with E-state index in [1.807, 2.05) is 6.08 Å². The van der Waals surface area contributed by atoms with Crippen molar-refractivity contribution in [2.45, 2.75) is 77.7 Å². The topological polar surface area (TPSA) is 46.5 Å². The highest BCUT2D eigenvalue weighted by Gasteiger charge is 2.56. The van der Waals surface area contributed by atoms with Gasteiger partial charge in [0.15, 0.2) is 5.78 Å². The summed E-state index contributed by atoms with van der Waals surface area (Å²) in [5.41, 5.74) is 6.77. The number of ether oxygens (including phenoxy) is 1. The van der Waals surface area contributed by atoms with Crippen molar-refractivity contribution in [3.05, 3.63) is 52.1 Å². The van der Waals surface area contributed by atoms with E-state index in [-0.39, 0.29) is 17.3 Å². The Morgan fingerprint density at radius 3 is 2.66 bits per heavy atom. The van der Waals surface area contributed by atoms with E-state index in [0.717, 1.165) is 49.8 Å². The Hall–Kier alpha value is -2.31. The maximum atomic E-state index is 12.1. The molecule has 32 heavy (non-hydrogen) atoms. The Labute approximate surface area is 192 Å². The number of benzene rings is 1. The first-order chi connectivity index (χ1) is 15.3. The molecule has 1 N–H and O–H groups in total. The first-order valence-corrected chi connectivity index (χ1v) is 12.0. The predicted molar refractivity (Wildman–Crippen MR) is 129 cm³/mol. The minimum absolute atomic E-state index is 0.0246. The first-order valence-electron chi connectivity index (χ1n) is 12.0. The van der Waals surface area contributed by atoms with Crippen molar-refractivity contribution in [2.75, 3.05) is 7.11 Å². The van der Waals surface area contributed by atoms with Gasteiger partial charge in [0.05, 0.1) is 13.2 Å². The molecule has 170 valence electrons. The number of hydrogen-bond donors (Lipinski definition) is 1. The number of hydrogen-bond acceptors (Lipinski definition) is 3. The fourth-order valence-corrected chi connectivity index (χ4v) is 6.98. The number of aryl methyl sites for hydroxylation is 1. The number of carbonyl (C=O) groups is 1. The van der Waals surface area contributed by atoms with Gasteiger partial charge < -0.3 is 9.84 Å². The molecule has 0 heterocycles. The zero-order chi connectivity index (χ0) is 23.0. The second kappa shape index (κ2) is 8.91. The minimum Gasteiger partial charge on any atom is -0.496 e. The van der Waals surface area contributed by atoms with E-state index >= 15 is 0 Å². The summed E-state index contributed by atoms with van der Waals surface area (Å²) in [6.07, 6.45) is 13.0. The number of ketones is 1. The van der Waals surface area contributed by atoms with E-state index in [9.17, 15) is 9.90 Å². The molecule has 0 amide bonds. The molecule has 0 bridgehead atoms. The van der Waals surface area contributed by atoms with Gasteiger partial charge in [-0.15, -0.1) is 12.3 Å². The maximum Gasteiger partial charge on any atom is 0.156 e. The summed E-state index contributed by atoms with van der Waals surface area (Å²) >= 11 is 0. The minimum atomic E-state index is -0.209. The Morgan fingerprint density at radius 2 is 1.94 bits per heavy atom. The molecule has 3 nitrogen and oxygen atoms in total. The van der Waals surface area contributed by atoms with Crippen LogP contribution in [0.3, 0.4) is 0 Å². The van der Waals surface area contributed by atoms with Crippen molar-refractivity contribution >= 4 is 5.78 Å². The lowest BCUT2D eigenvalue weighted by molar-refractivity contribution is -0.114. The number of fused-ring (bicyclic) bond motifs is 4. The van der Waals surface area contributed by atoms with E-state index in [1.165, 1.54) is 16.7 Å². The Morgan fingerprint density at radius 1 is 1.19 bits per heavy atom. The highest BCUT2D eigenvalue weighted by Crippen LogP contribution is 2.63. The van der Waals surface area contributed by atoms with Crippen LogP contribution in [0.15, 0.2) is 41.0 Å². The fourth-order valence-electron chi connectivity index (χ4n) is 6.98. The van der Waals surface area contributed by atoms with Gasteiger partial charge in [0.25, 0.3) is 0 Å². The summed E-state index contributed by atoms with van der Waals surface area (Å²) in [5.74, 6) is 4.87. The van der Waals surface area contributed by atoms with E-state index in [0.29, 0.717) is 24.2 Å². The number of methoxy groups -OCH3 is 1. The zero-order valence-corrected chi connectivity index (χ0v) is 19.9. The van der Waals surface area contributed by atoms with Crippen LogP contribution in [0.1, 0.15) is 75.8 Å². The van der Waals surface area contributed by atoms with Crippen molar-refractivity contribution in [3.8, 4) is 18.1 Å². The van der Waals surface area contributed by atoms with E-state index in [2.05, 4.69) is 44.4 Å². The number of aliphatic hydroxyl groups is 1. The molecule has 4 aliphatic rings. The standard InChI is InChI=1S/C26H32O3.C3H4/c1-15-4-5-17(13-23(15)29-3)21-14-26(2)22(10-11-24(26)28)20-8-6-16-12-18(27)7-9-19(16)25(20)21;1-3-2/h4-5,12-13,20-22,24,28H,6-11,14H2,1-3H3;1H,2H3. The molecule has 3 heteroatoms. The summed E-state index contributed by atoms with van der Waals surface area (Å²) in [6.45, 7) is 6.06. The second-order valence-corrected chi connectivity index (χ2v) is 10.2. The molecular weight excluding hydrogens is 396 g/mol. The van der Waals surface area contributed by atoms with Gasteiger partial charge in [0.1, 0.15) is 5.75 Å². The van der Waals surface area contributed by atoms with Crippen LogP contribution in [-0.4, -0.2) is 24.1 Å². The van der Waals surface area contributed by atoms with Gasteiger partial charge in [-0.2, -0.15) is 0 Å². The third-order valence-electron chi connectivity index (χ3n) is 8.52. The lowest BCUT2D eigenvalue weighted by Gasteiger charge is -2.52. The average molecular weight is 433 g/mol. The molecule has 4 aliphatic carbocycles. The third kappa shape index (κ3) is 3.73. The monoisotopic (exact) mass is 432 g/mol. The summed E-state index contributed by atoms with van der Waals surface area (Å²) in [6, 6.07) is 6.63. The highest BCUT2D eigenvalue weighted by atomic mass is 16.5. The molecule has 0 aliphatic heterocycles. The molecule has 2 saturated carbocycles. The maximum absolute atomic E-state index is 12.1. The van der Waals surface area contributed by atoms with Gasteiger partial charge in [-0.1, -0.05) is 24.6 Å². The molecule has 5 unspecified atom stereocenters. The smallest absolute Gasteiger partial charge is 0.156 e. The van der Waals surface area contributed by atoms with Gasteiger partial charge in [-0.05, 0) is 104 Å². The largest absolute Gasteiger partial charge is 0.496 e. The summed E-state index contributed by atoms with van der Waals surface area (Å²) in [5, 5.41) is 11.0. The summed E-state index contributed by atoms with van der Waals surface area (Å²) in [4.78, 5) is 12.1. The van der Waals surface area contributed by atoms with Gasteiger partial charge >= 0.3 is 0 Å². The van der Waals surface area contributed by atoms with Crippen LogP contribution in [0, 0.1) is 36.5 Å². The van der Waals surface area contributed by atoms with Gasteiger partial charge in [-0.3, -0.25) is 4.79 Å². The first kappa shape index (κ1) is 22.9. The molecule has 1 aromatic rings. The van der Waals surface area contributed by atoms with Crippen molar-refractivity contribution in [2.24, 2.45) is 17.3 Å². The third-order valence-corrected chi connectivity index (χ3v) is 8.52. The zero-order valence-electron chi connectivity index (χ0n) is 19.9. The van der Waals surface area contributed by atoms with Crippen molar-refractivity contribution in [1.29, 1.82) is 0 Å². The van der Waals surface area contributed by atoms with E-state index in [4.69, 9.17) is 4.74 Å². The van der Waals surface area contributed by atoms with Gasteiger partial charge in [0, 0.05) is 12.3 Å². The quantitative estimate of drug-likeness (QED) is 0.592. The summed E-state index contributed by atoms with van der Waals surface area (Å²) < 4.78 is 5.64. The molecule has 5 atom stereocenters. The van der Waals surface area contributed by atoms with Crippen LogP contribution in [0.4, 0.5) is 0 Å². The molecule has 1 aromatic carbocycles. The van der Waals surface area contributed by atoms with E-state index in [1.54, 1.807) is 19.6 Å². The highest BCUT2D eigenvalue weighted by molar-refractivity contribution is 5.93. The average Bonchev–Trinajstić information content (AvgIpc) is 3.08. The van der Waals surface area contributed by atoms with Crippen LogP contribution in [0.25, 0.3) is 0 Å². The predicted octanol–water partition coefficient (Wildman–Crippen LogP) is 5.90. The molecule has 0 aromatic heterocycles. The van der Waals surface area contributed by atoms with Gasteiger partial charge in [-0.25, -0.2) is 0 Å². The molecule has 0 saturated heterocycles. The van der Waals surface area contributed by atoms with Crippen molar-refractivity contribution in [3.63, 3.8) is 0 Å².